The molecule has 0 aromatic carbocycles. The summed E-state index contributed by atoms with van der Waals surface area (Å²) in [7, 11) is 2.06. The molecule has 1 saturated heterocycles. The quantitative estimate of drug-likeness (QED) is 0.926. The standard InChI is InChI=1S/C15H19N5O2/c1-11-9-14(18-22-11)17-12-3-4-13(16-10-12)15(21)20-7-5-19(2)6-8-20/h3-4,9-10H,5-8H2,1-2H3,(H,17,18). The molecule has 7 nitrogen and oxygen atoms in total. The van der Waals surface area contributed by atoms with Crippen molar-refractivity contribution in [2.75, 3.05) is 38.5 Å². The highest BCUT2D eigenvalue weighted by atomic mass is 16.5. The van der Waals surface area contributed by atoms with E-state index in [-0.39, 0.29) is 5.91 Å². The number of piperazine rings is 1. The van der Waals surface area contributed by atoms with Crippen LogP contribution in [0.15, 0.2) is 28.9 Å². The summed E-state index contributed by atoms with van der Waals surface area (Å²) in [6, 6.07) is 5.35. The number of rotatable bonds is 3. The largest absolute Gasteiger partial charge is 0.360 e. The first-order valence-corrected chi connectivity index (χ1v) is 7.26. The molecule has 3 heterocycles. The lowest BCUT2D eigenvalue weighted by molar-refractivity contribution is 0.0658. The van der Waals surface area contributed by atoms with E-state index in [0.29, 0.717) is 11.5 Å². The molecule has 2 aromatic rings. The maximum atomic E-state index is 12.4. The minimum atomic E-state index is -0.0167. The Morgan fingerprint density at radius 3 is 2.64 bits per heavy atom. The molecule has 22 heavy (non-hydrogen) atoms. The van der Waals surface area contributed by atoms with Crippen LogP contribution in [0, 0.1) is 6.92 Å². The van der Waals surface area contributed by atoms with Crippen LogP contribution in [0.2, 0.25) is 0 Å². The molecule has 0 unspecified atom stereocenters. The zero-order chi connectivity index (χ0) is 15.5. The van der Waals surface area contributed by atoms with Gasteiger partial charge < -0.3 is 19.6 Å². The molecular weight excluding hydrogens is 282 g/mol. The van der Waals surface area contributed by atoms with Crippen LogP contribution in [-0.2, 0) is 0 Å². The molecule has 1 fully saturated rings. The molecular formula is C15H19N5O2. The summed E-state index contributed by atoms with van der Waals surface area (Å²) in [6.45, 7) is 5.12. The normalized spacial score (nSPS) is 15.8. The van der Waals surface area contributed by atoms with Crippen molar-refractivity contribution in [1.29, 1.82) is 0 Å². The van der Waals surface area contributed by atoms with Gasteiger partial charge in [0, 0.05) is 32.2 Å². The number of nitrogens with zero attached hydrogens (tertiary/aromatic N) is 4. The Hall–Kier alpha value is -2.41. The number of hydrogen-bond donors (Lipinski definition) is 1. The van der Waals surface area contributed by atoms with Gasteiger partial charge in [0.1, 0.15) is 11.5 Å². The number of likely N-dealkylation sites (N-methyl/N-ethyl adjacent to an activating group) is 1. The topological polar surface area (TPSA) is 74.5 Å². The molecule has 1 aliphatic rings. The summed E-state index contributed by atoms with van der Waals surface area (Å²) in [5.41, 5.74) is 1.23. The first kappa shape index (κ1) is 14.5. The number of amides is 1. The Labute approximate surface area is 128 Å². The molecule has 0 spiro atoms. The number of aromatic nitrogens is 2. The smallest absolute Gasteiger partial charge is 0.272 e. The van der Waals surface area contributed by atoms with E-state index in [1.807, 2.05) is 17.9 Å². The van der Waals surface area contributed by atoms with Gasteiger partial charge in [0.25, 0.3) is 5.91 Å². The third-order valence-electron chi connectivity index (χ3n) is 3.67. The second-order valence-corrected chi connectivity index (χ2v) is 5.48. The van der Waals surface area contributed by atoms with Gasteiger partial charge in [-0.3, -0.25) is 4.79 Å². The fourth-order valence-electron chi connectivity index (χ4n) is 2.34. The molecule has 0 saturated carbocycles. The van der Waals surface area contributed by atoms with Gasteiger partial charge in [0.05, 0.1) is 11.9 Å². The number of nitrogens with one attached hydrogen (secondary N) is 1. The lowest BCUT2D eigenvalue weighted by atomic mass is 10.2. The molecule has 0 aliphatic carbocycles. The predicted molar refractivity (Wildman–Crippen MR) is 82.2 cm³/mol. The highest BCUT2D eigenvalue weighted by molar-refractivity contribution is 5.92. The Balaban J connectivity index is 1.64. The van der Waals surface area contributed by atoms with Gasteiger partial charge in [-0.1, -0.05) is 5.16 Å². The Morgan fingerprint density at radius 2 is 2.05 bits per heavy atom. The van der Waals surface area contributed by atoms with Crippen molar-refractivity contribution in [3.05, 3.63) is 35.9 Å². The minimum absolute atomic E-state index is 0.0167. The van der Waals surface area contributed by atoms with Gasteiger partial charge >= 0.3 is 0 Å². The average molecular weight is 301 g/mol. The Kier molecular flexibility index (Phi) is 4.06. The summed E-state index contributed by atoms with van der Waals surface area (Å²) in [5.74, 6) is 1.34. The number of anilines is 2. The van der Waals surface area contributed by atoms with E-state index in [2.05, 4.69) is 27.4 Å². The third-order valence-corrected chi connectivity index (χ3v) is 3.67. The number of carbonyl (C=O) groups is 1. The van der Waals surface area contributed by atoms with E-state index in [1.54, 1.807) is 18.3 Å². The van der Waals surface area contributed by atoms with Gasteiger partial charge in [-0.05, 0) is 26.1 Å². The van der Waals surface area contributed by atoms with Crippen LogP contribution < -0.4 is 5.32 Å². The van der Waals surface area contributed by atoms with Gasteiger partial charge in [0.15, 0.2) is 5.82 Å². The summed E-state index contributed by atoms with van der Waals surface area (Å²) in [5, 5.41) is 6.93. The Morgan fingerprint density at radius 1 is 1.27 bits per heavy atom. The number of carbonyl (C=O) groups excluding carboxylic acids is 1. The molecule has 1 N–H and O–H groups in total. The Bertz CT molecular complexity index is 644. The van der Waals surface area contributed by atoms with Gasteiger partial charge in [-0.2, -0.15) is 0 Å². The number of hydrogen-bond acceptors (Lipinski definition) is 6. The van der Waals surface area contributed by atoms with Crippen molar-refractivity contribution in [2.24, 2.45) is 0 Å². The van der Waals surface area contributed by atoms with E-state index < -0.39 is 0 Å². The van der Waals surface area contributed by atoms with Gasteiger partial charge in [-0.15, -0.1) is 0 Å². The number of aryl methyl sites for hydroxylation is 1. The van der Waals surface area contributed by atoms with Crippen LogP contribution in [0.4, 0.5) is 11.5 Å². The fourth-order valence-corrected chi connectivity index (χ4v) is 2.34. The molecule has 1 aliphatic heterocycles. The van der Waals surface area contributed by atoms with Crippen LogP contribution in [0.25, 0.3) is 0 Å². The zero-order valence-electron chi connectivity index (χ0n) is 12.7. The van der Waals surface area contributed by atoms with Crippen molar-refractivity contribution < 1.29 is 9.32 Å². The van der Waals surface area contributed by atoms with Crippen molar-refractivity contribution in [3.8, 4) is 0 Å². The third kappa shape index (κ3) is 3.25. The van der Waals surface area contributed by atoms with Crippen molar-refractivity contribution >= 4 is 17.4 Å². The SMILES string of the molecule is Cc1cc(Nc2ccc(C(=O)N3CCN(C)CC3)nc2)no1. The average Bonchev–Trinajstić information content (AvgIpc) is 2.93. The zero-order valence-corrected chi connectivity index (χ0v) is 12.7. The monoisotopic (exact) mass is 301 g/mol. The minimum Gasteiger partial charge on any atom is -0.360 e. The maximum absolute atomic E-state index is 12.4. The number of pyridine rings is 1. The molecule has 0 bridgehead atoms. The molecule has 0 atom stereocenters. The highest BCUT2D eigenvalue weighted by Gasteiger charge is 2.21. The van der Waals surface area contributed by atoms with E-state index >= 15 is 0 Å². The fraction of sp³-hybridized carbons (Fsp3) is 0.400. The summed E-state index contributed by atoms with van der Waals surface area (Å²) < 4.78 is 4.99. The molecule has 3 rings (SSSR count). The molecule has 2 aromatic heterocycles. The maximum Gasteiger partial charge on any atom is 0.272 e. The summed E-state index contributed by atoms with van der Waals surface area (Å²) in [6.07, 6.45) is 1.63. The van der Waals surface area contributed by atoms with Crippen molar-refractivity contribution in [3.63, 3.8) is 0 Å². The van der Waals surface area contributed by atoms with Crippen LogP contribution in [0.3, 0.4) is 0 Å². The second kappa shape index (κ2) is 6.15. The van der Waals surface area contributed by atoms with Crippen LogP contribution in [-0.4, -0.2) is 59.1 Å². The molecule has 116 valence electrons. The molecule has 1 amide bonds. The van der Waals surface area contributed by atoms with E-state index in [4.69, 9.17) is 4.52 Å². The van der Waals surface area contributed by atoms with E-state index in [1.165, 1.54) is 0 Å². The predicted octanol–water partition coefficient (Wildman–Crippen LogP) is 1.51. The van der Waals surface area contributed by atoms with Crippen LogP contribution in [0.5, 0.6) is 0 Å². The van der Waals surface area contributed by atoms with Crippen molar-refractivity contribution in [2.45, 2.75) is 6.92 Å². The lowest BCUT2D eigenvalue weighted by Crippen LogP contribution is -2.47. The molecule has 0 radical (unpaired) electrons. The van der Waals surface area contributed by atoms with Crippen LogP contribution >= 0.6 is 0 Å². The molecule has 7 heteroatoms. The highest BCUT2D eigenvalue weighted by Crippen LogP contribution is 2.16. The lowest BCUT2D eigenvalue weighted by Gasteiger charge is -2.32. The summed E-state index contributed by atoms with van der Waals surface area (Å²) in [4.78, 5) is 20.7. The van der Waals surface area contributed by atoms with E-state index in [0.717, 1.165) is 37.6 Å². The van der Waals surface area contributed by atoms with Crippen LogP contribution in [0.1, 0.15) is 16.2 Å². The van der Waals surface area contributed by atoms with E-state index in [9.17, 15) is 4.79 Å². The van der Waals surface area contributed by atoms with Gasteiger partial charge in [0.2, 0.25) is 0 Å². The van der Waals surface area contributed by atoms with Gasteiger partial charge in [-0.25, -0.2) is 4.98 Å². The summed E-state index contributed by atoms with van der Waals surface area (Å²) >= 11 is 0. The first-order chi connectivity index (χ1) is 10.6. The van der Waals surface area contributed by atoms with Crippen molar-refractivity contribution in [1.82, 2.24) is 19.9 Å². The first-order valence-electron chi connectivity index (χ1n) is 7.26. The second-order valence-electron chi connectivity index (χ2n) is 5.48.